The van der Waals surface area contributed by atoms with E-state index in [1.807, 2.05) is 27.9 Å². The first-order chi connectivity index (χ1) is 18.2. The Morgan fingerprint density at radius 3 is 2.63 bits per heavy atom. The Bertz CT molecular complexity index is 1050. The van der Waals surface area contributed by atoms with Crippen LogP contribution in [0.15, 0.2) is 42.7 Å². The number of anilines is 1. The molecule has 38 heavy (non-hydrogen) atoms. The summed E-state index contributed by atoms with van der Waals surface area (Å²) in [5.41, 5.74) is 1.29. The molecule has 0 radical (unpaired) electrons. The number of carbonyl (C=O) groups excluding carboxylic acids is 2. The van der Waals surface area contributed by atoms with E-state index in [1.165, 1.54) is 0 Å². The van der Waals surface area contributed by atoms with E-state index in [4.69, 9.17) is 9.47 Å². The molecule has 0 unspecified atom stereocenters. The number of nitrogens with one attached hydrogen (secondary N) is 1. The molecule has 0 bridgehead atoms. The van der Waals surface area contributed by atoms with Gasteiger partial charge in [-0.25, -0.2) is 0 Å². The van der Waals surface area contributed by atoms with E-state index in [-0.39, 0.29) is 36.5 Å². The number of carbonyl (C=O) groups is 2. The second kappa shape index (κ2) is 14.2. The molecule has 9 heteroatoms. The zero-order valence-electron chi connectivity index (χ0n) is 23.2. The molecule has 0 saturated carbocycles. The molecule has 2 N–H and O–H groups in total. The summed E-state index contributed by atoms with van der Waals surface area (Å²) in [5.74, 6) is -0.0735. The number of likely N-dealkylation sites (N-methyl/N-ethyl adjacent to an activating group) is 1. The van der Waals surface area contributed by atoms with Crippen LogP contribution in [0.1, 0.15) is 60.7 Å². The minimum atomic E-state index is -0.418. The highest BCUT2D eigenvalue weighted by atomic mass is 16.5. The smallest absolute Gasteiger partial charge is 0.258 e. The van der Waals surface area contributed by atoms with Gasteiger partial charge in [0.2, 0.25) is 0 Å². The quantitative estimate of drug-likeness (QED) is 0.592. The number of aliphatic hydroxyl groups excluding tert-OH is 1. The van der Waals surface area contributed by atoms with Crippen molar-refractivity contribution in [1.29, 1.82) is 0 Å². The van der Waals surface area contributed by atoms with Crippen LogP contribution in [-0.2, 0) is 4.74 Å². The Kier molecular flexibility index (Phi) is 11.1. The Balaban J connectivity index is 1.98. The maximum atomic E-state index is 14.1. The van der Waals surface area contributed by atoms with Crippen LogP contribution >= 0.6 is 0 Å². The molecule has 1 aromatic heterocycles. The molecule has 2 aromatic rings. The number of benzene rings is 1. The zero-order chi connectivity index (χ0) is 27.7. The third-order valence-electron chi connectivity index (χ3n) is 6.80. The van der Waals surface area contributed by atoms with Crippen LogP contribution < -0.4 is 10.1 Å². The maximum Gasteiger partial charge on any atom is 0.258 e. The molecule has 9 nitrogen and oxygen atoms in total. The summed E-state index contributed by atoms with van der Waals surface area (Å²) in [6, 6.07) is 7.97. The molecule has 0 fully saturated rings. The van der Waals surface area contributed by atoms with Gasteiger partial charge < -0.3 is 29.7 Å². The van der Waals surface area contributed by atoms with Crippen molar-refractivity contribution < 1.29 is 24.2 Å². The molecule has 0 saturated heterocycles. The highest BCUT2D eigenvalue weighted by Crippen LogP contribution is 2.28. The first-order valence-corrected chi connectivity index (χ1v) is 13.4. The number of fused-ring (bicyclic) bond motifs is 1. The van der Waals surface area contributed by atoms with Crippen molar-refractivity contribution in [3.8, 4) is 5.75 Å². The van der Waals surface area contributed by atoms with Crippen molar-refractivity contribution in [1.82, 2.24) is 14.8 Å². The number of amides is 2. The largest absolute Gasteiger partial charge is 0.490 e. The Labute approximate surface area is 226 Å². The Morgan fingerprint density at radius 2 is 1.95 bits per heavy atom. The molecule has 2 amide bonds. The SMILES string of the molecule is C[C@@H]1CCCCO[C@H](CN(C)C)[C@@H](C)CN([C@H](C)CO)C(=O)c2cc(NC(=O)c3ccncc3)ccc2O1. The summed E-state index contributed by atoms with van der Waals surface area (Å²) < 4.78 is 12.5. The van der Waals surface area contributed by atoms with Crippen molar-refractivity contribution in [3.63, 3.8) is 0 Å². The summed E-state index contributed by atoms with van der Waals surface area (Å²) >= 11 is 0. The van der Waals surface area contributed by atoms with Gasteiger partial charge in [-0.15, -0.1) is 0 Å². The number of nitrogens with zero attached hydrogens (tertiary/aromatic N) is 3. The average Bonchev–Trinajstić information content (AvgIpc) is 2.90. The third kappa shape index (κ3) is 8.24. The number of hydrogen-bond acceptors (Lipinski definition) is 7. The number of aromatic nitrogens is 1. The first kappa shape index (κ1) is 29.5. The molecular formula is C29H42N4O5. The molecule has 208 valence electrons. The average molecular weight is 527 g/mol. The van der Waals surface area contributed by atoms with Gasteiger partial charge in [-0.3, -0.25) is 14.6 Å². The molecule has 1 aliphatic heterocycles. The summed E-state index contributed by atoms with van der Waals surface area (Å²) in [6.07, 6.45) is 5.63. The van der Waals surface area contributed by atoms with Crippen LogP contribution in [0.3, 0.4) is 0 Å². The van der Waals surface area contributed by atoms with E-state index in [0.29, 0.717) is 35.7 Å². The summed E-state index contributed by atoms with van der Waals surface area (Å²) in [7, 11) is 4.02. The lowest BCUT2D eigenvalue weighted by molar-refractivity contribution is -0.0137. The van der Waals surface area contributed by atoms with Gasteiger partial charge in [-0.05, 0) is 77.5 Å². The van der Waals surface area contributed by atoms with Crippen LogP contribution in [0, 0.1) is 5.92 Å². The summed E-state index contributed by atoms with van der Waals surface area (Å²) in [4.78, 5) is 34.6. The van der Waals surface area contributed by atoms with E-state index >= 15 is 0 Å². The molecule has 1 aromatic carbocycles. The number of aliphatic hydroxyl groups is 1. The first-order valence-electron chi connectivity index (χ1n) is 13.4. The lowest BCUT2D eigenvalue weighted by atomic mass is 10.0. The van der Waals surface area contributed by atoms with Gasteiger partial charge >= 0.3 is 0 Å². The fourth-order valence-corrected chi connectivity index (χ4v) is 4.53. The Morgan fingerprint density at radius 1 is 1.21 bits per heavy atom. The minimum Gasteiger partial charge on any atom is -0.490 e. The lowest BCUT2D eigenvalue weighted by Gasteiger charge is -2.35. The number of pyridine rings is 1. The fourth-order valence-electron chi connectivity index (χ4n) is 4.53. The topological polar surface area (TPSA) is 104 Å². The maximum absolute atomic E-state index is 14.1. The lowest BCUT2D eigenvalue weighted by Crippen LogP contribution is -2.47. The van der Waals surface area contributed by atoms with Gasteiger partial charge in [0.25, 0.3) is 11.8 Å². The highest BCUT2D eigenvalue weighted by Gasteiger charge is 2.30. The van der Waals surface area contributed by atoms with Gasteiger partial charge in [0.05, 0.1) is 30.4 Å². The van der Waals surface area contributed by atoms with Gasteiger partial charge in [-0.1, -0.05) is 6.92 Å². The second-order valence-corrected chi connectivity index (χ2v) is 10.5. The third-order valence-corrected chi connectivity index (χ3v) is 6.80. The van der Waals surface area contributed by atoms with E-state index in [0.717, 1.165) is 25.8 Å². The predicted molar refractivity (Wildman–Crippen MR) is 148 cm³/mol. The van der Waals surface area contributed by atoms with E-state index in [2.05, 4.69) is 22.1 Å². The standard InChI is InChI=1S/C29H42N4O5/c1-20-17-33(21(2)19-34)29(36)25-16-24(31-28(35)23-11-13-30-14-12-23)9-10-26(25)38-22(3)8-6-7-15-37-27(20)18-32(4)5/h9-14,16,20-22,27,34H,6-8,15,17-19H2,1-5H3,(H,31,35)/t20-,21+,22+,27+/m0/s1. The molecule has 1 aliphatic rings. The van der Waals surface area contributed by atoms with Crippen LogP contribution in [0.5, 0.6) is 5.75 Å². The van der Waals surface area contributed by atoms with E-state index in [9.17, 15) is 14.7 Å². The normalized spacial score (nSPS) is 22.2. The predicted octanol–water partition coefficient (Wildman–Crippen LogP) is 3.69. The van der Waals surface area contributed by atoms with Gasteiger partial charge in [0, 0.05) is 49.3 Å². The second-order valence-electron chi connectivity index (χ2n) is 10.5. The number of hydrogen-bond donors (Lipinski definition) is 2. The van der Waals surface area contributed by atoms with Crippen LogP contribution in [0.4, 0.5) is 5.69 Å². The Hall–Kier alpha value is -3.01. The van der Waals surface area contributed by atoms with Crippen molar-refractivity contribution in [2.24, 2.45) is 5.92 Å². The fraction of sp³-hybridized carbons (Fsp3) is 0.552. The zero-order valence-corrected chi connectivity index (χ0v) is 23.2. The minimum absolute atomic E-state index is 0.0242. The van der Waals surface area contributed by atoms with Crippen molar-refractivity contribution in [3.05, 3.63) is 53.9 Å². The van der Waals surface area contributed by atoms with E-state index in [1.54, 1.807) is 47.6 Å². The molecule has 0 aliphatic carbocycles. The molecule has 0 spiro atoms. The number of rotatable bonds is 6. The highest BCUT2D eigenvalue weighted by molar-refractivity contribution is 6.05. The monoisotopic (exact) mass is 526 g/mol. The number of ether oxygens (including phenoxy) is 2. The summed E-state index contributed by atoms with van der Waals surface area (Å²) in [6.45, 7) is 7.51. The van der Waals surface area contributed by atoms with Gasteiger partial charge in [0.1, 0.15) is 5.75 Å². The molecule has 3 rings (SSSR count). The van der Waals surface area contributed by atoms with Crippen LogP contribution in [-0.4, -0.2) is 90.4 Å². The molecule has 2 heterocycles. The van der Waals surface area contributed by atoms with Crippen LogP contribution in [0.2, 0.25) is 0 Å². The van der Waals surface area contributed by atoms with Crippen molar-refractivity contribution >= 4 is 17.5 Å². The van der Waals surface area contributed by atoms with Gasteiger partial charge in [-0.2, -0.15) is 0 Å². The molecule has 4 atom stereocenters. The molecular weight excluding hydrogens is 484 g/mol. The van der Waals surface area contributed by atoms with Crippen LogP contribution in [0.25, 0.3) is 0 Å². The van der Waals surface area contributed by atoms with Crippen molar-refractivity contribution in [2.45, 2.75) is 58.3 Å². The summed E-state index contributed by atoms with van der Waals surface area (Å²) in [5, 5.41) is 12.9. The van der Waals surface area contributed by atoms with E-state index < -0.39 is 6.04 Å². The van der Waals surface area contributed by atoms with Crippen molar-refractivity contribution in [2.75, 3.05) is 45.7 Å². The van der Waals surface area contributed by atoms with Gasteiger partial charge in [0.15, 0.2) is 0 Å².